The summed E-state index contributed by atoms with van der Waals surface area (Å²) in [5.41, 5.74) is 0.504. The average Bonchev–Trinajstić information content (AvgIpc) is 3.42. The second kappa shape index (κ2) is 15.2. The number of pyridine rings is 1. The maximum Gasteiger partial charge on any atom is 0.262 e. The van der Waals surface area contributed by atoms with Gasteiger partial charge in [-0.05, 0) is 55.3 Å². The molecule has 2 saturated heterocycles. The maximum atomic E-state index is 13.4. The Morgan fingerprint density at radius 1 is 0.964 bits per heavy atom. The number of piperidine rings is 1. The van der Waals surface area contributed by atoms with Crippen LogP contribution in [0.3, 0.4) is 0 Å². The molecule has 3 aliphatic heterocycles. The van der Waals surface area contributed by atoms with Gasteiger partial charge in [-0.25, -0.2) is 4.98 Å². The number of ether oxygens (including phenoxy) is 2. The number of halogens is 1. The number of nitriles is 1. The molecule has 1 aliphatic carbocycles. The van der Waals surface area contributed by atoms with E-state index in [0.717, 1.165) is 49.9 Å². The van der Waals surface area contributed by atoms with Crippen LogP contribution >= 0.6 is 11.6 Å². The molecule has 1 atom stereocenters. The molecular formula is C41H44ClN7O7. The Bertz CT molecular complexity index is 2110. The Kier molecular flexibility index (Phi) is 10.5. The first kappa shape index (κ1) is 38.7. The summed E-state index contributed by atoms with van der Waals surface area (Å²) in [6.45, 7) is 12.7. The van der Waals surface area contributed by atoms with Crippen LogP contribution in [0.25, 0.3) is 0 Å². The number of imide groups is 2. The van der Waals surface area contributed by atoms with Gasteiger partial charge in [-0.15, -0.1) is 0 Å². The van der Waals surface area contributed by atoms with Gasteiger partial charge >= 0.3 is 0 Å². The zero-order valence-corrected chi connectivity index (χ0v) is 32.5. The van der Waals surface area contributed by atoms with Crippen LogP contribution in [0.2, 0.25) is 5.02 Å². The lowest BCUT2D eigenvalue weighted by Crippen LogP contribution is -2.74. The van der Waals surface area contributed by atoms with Gasteiger partial charge in [0.1, 0.15) is 35.5 Å². The lowest BCUT2D eigenvalue weighted by molar-refractivity contribution is -0.164. The van der Waals surface area contributed by atoms with Crippen LogP contribution in [0.5, 0.6) is 11.5 Å². The van der Waals surface area contributed by atoms with Crippen molar-refractivity contribution in [3.05, 3.63) is 82.0 Å². The molecule has 0 spiro atoms. The Hall–Kier alpha value is -5.52. The highest BCUT2D eigenvalue weighted by atomic mass is 35.5. The lowest BCUT2D eigenvalue weighted by atomic mass is 9.49. The molecule has 4 aliphatic rings. The maximum absolute atomic E-state index is 13.4. The number of piperazine rings is 1. The molecule has 14 nitrogen and oxygen atoms in total. The van der Waals surface area contributed by atoms with E-state index >= 15 is 0 Å². The van der Waals surface area contributed by atoms with Gasteiger partial charge in [-0.1, -0.05) is 39.3 Å². The third-order valence-corrected chi connectivity index (χ3v) is 11.7. The quantitative estimate of drug-likeness (QED) is 0.211. The lowest BCUT2D eigenvalue weighted by Gasteiger charge is -2.63. The highest BCUT2D eigenvalue weighted by Gasteiger charge is 2.64. The monoisotopic (exact) mass is 781 g/mol. The zero-order valence-electron chi connectivity index (χ0n) is 31.8. The van der Waals surface area contributed by atoms with Gasteiger partial charge in [0, 0.05) is 68.3 Å². The molecule has 3 fully saturated rings. The van der Waals surface area contributed by atoms with E-state index in [1.54, 1.807) is 42.6 Å². The largest absolute Gasteiger partial charge is 0.494 e. The highest BCUT2D eigenvalue weighted by Crippen LogP contribution is 2.55. The fourth-order valence-corrected chi connectivity index (χ4v) is 8.95. The van der Waals surface area contributed by atoms with E-state index in [9.17, 15) is 29.2 Å². The number of amides is 5. The van der Waals surface area contributed by atoms with Crippen molar-refractivity contribution in [3.63, 3.8) is 0 Å². The third kappa shape index (κ3) is 7.29. The number of aromatic nitrogens is 1. The van der Waals surface area contributed by atoms with Crippen LogP contribution in [0.4, 0.5) is 5.82 Å². The van der Waals surface area contributed by atoms with Crippen LogP contribution in [0.1, 0.15) is 83.6 Å². The third-order valence-electron chi connectivity index (χ3n) is 11.4. The molecule has 2 aromatic carbocycles. The van der Waals surface area contributed by atoms with Gasteiger partial charge in [-0.2, -0.15) is 5.26 Å². The smallest absolute Gasteiger partial charge is 0.262 e. The molecule has 0 radical (unpaired) electrons. The first-order chi connectivity index (χ1) is 26.7. The van der Waals surface area contributed by atoms with Crippen LogP contribution in [0.15, 0.2) is 54.7 Å². The number of rotatable bonds is 11. The van der Waals surface area contributed by atoms with Crippen molar-refractivity contribution < 1.29 is 33.4 Å². The number of hydrogen-bond donors (Lipinski definition) is 2. The van der Waals surface area contributed by atoms with Gasteiger partial charge in [0.25, 0.3) is 17.7 Å². The molecule has 15 heteroatoms. The van der Waals surface area contributed by atoms with Gasteiger partial charge < -0.3 is 19.7 Å². The van der Waals surface area contributed by atoms with Gasteiger partial charge in [-0.3, -0.25) is 39.1 Å². The predicted molar refractivity (Wildman–Crippen MR) is 206 cm³/mol. The Morgan fingerprint density at radius 3 is 2.34 bits per heavy atom. The van der Waals surface area contributed by atoms with E-state index in [1.165, 1.54) is 0 Å². The minimum Gasteiger partial charge on any atom is -0.494 e. The van der Waals surface area contributed by atoms with Crippen molar-refractivity contribution in [3.8, 4) is 17.6 Å². The van der Waals surface area contributed by atoms with E-state index in [2.05, 4.69) is 59.2 Å². The number of nitrogens with zero attached hydrogens (tertiary/aromatic N) is 5. The van der Waals surface area contributed by atoms with Crippen molar-refractivity contribution in [2.75, 3.05) is 44.2 Å². The Balaban J connectivity index is 0.847. The van der Waals surface area contributed by atoms with Crippen LogP contribution in [-0.2, 0) is 9.59 Å². The molecule has 1 unspecified atom stereocenters. The number of carbonyl (C=O) groups is 5. The average molecular weight is 782 g/mol. The Labute approximate surface area is 330 Å². The van der Waals surface area contributed by atoms with Crippen LogP contribution in [0, 0.1) is 22.2 Å². The fraction of sp³-hybridized carbons (Fsp3) is 0.439. The number of carbonyl (C=O) groups excluding carboxylic acids is 5. The first-order valence-corrected chi connectivity index (χ1v) is 19.2. The number of anilines is 1. The van der Waals surface area contributed by atoms with Gasteiger partial charge in [0.2, 0.25) is 11.8 Å². The Morgan fingerprint density at radius 2 is 1.68 bits per heavy atom. The second-order valence-corrected chi connectivity index (χ2v) is 16.3. The van der Waals surface area contributed by atoms with Crippen LogP contribution in [-0.4, -0.2) is 102 Å². The SMILES string of the molecule is CC1(C)C(NC(=O)c2ccc(N3CCN(CCCOc4ccc5c(c4)C(=O)N(C4CCC(=O)NC4=O)C5=O)CC3)nc2)C(C)(C)C1Oc1ccc(C#N)c(Cl)c1. The fourth-order valence-electron chi connectivity index (χ4n) is 8.74. The molecule has 5 amide bonds. The van der Waals surface area contributed by atoms with Crippen molar-refractivity contribution in [2.45, 2.75) is 65.1 Å². The van der Waals surface area contributed by atoms with Gasteiger partial charge in [0.05, 0.1) is 33.9 Å². The first-order valence-electron chi connectivity index (χ1n) is 18.8. The molecule has 7 rings (SSSR count). The minimum atomic E-state index is -1.01. The molecule has 1 aromatic heterocycles. The van der Waals surface area contributed by atoms with E-state index < -0.39 is 29.7 Å². The number of nitrogens with one attached hydrogen (secondary N) is 2. The highest BCUT2D eigenvalue weighted by molar-refractivity contribution is 6.31. The van der Waals surface area contributed by atoms with Crippen molar-refractivity contribution in [2.24, 2.45) is 10.8 Å². The zero-order chi connectivity index (χ0) is 39.9. The number of hydrogen-bond acceptors (Lipinski definition) is 11. The molecular weight excluding hydrogens is 738 g/mol. The van der Waals surface area contributed by atoms with Crippen molar-refractivity contribution in [1.82, 2.24) is 25.4 Å². The summed E-state index contributed by atoms with van der Waals surface area (Å²) < 4.78 is 12.3. The normalized spacial score (nSPS) is 22.8. The summed E-state index contributed by atoms with van der Waals surface area (Å²) in [6, 6.07) is 14.3. The van der Waals surface area contributed by atoms with Crippen molar-refractivity contribution in [1.29, 1.82) is 5.26 Å². The molecule has 56 heavy (non-hydrogen) atoms. The van der Waals surface area contributed by atoms with E-state index in [-0.39, 0.29) is 52.9 Å². The van der Waals surface area contributed by atoms with Gasteiger partial charge in [0.15, 0.2) is 0 Å². The summed E-state index contributed by atoms with van der Waals surface area (Å²) in [6.07, 6.45) is 2.33. The topological polar surface area (TPSA) is 174 Å². The summed E-state index contributed by atoms with van der Waals surface area (Å²) >= 11 is 6.23. The summed E-state index contributed by atoms with van der Waals surface area (Å²) in [4.78, 5) is 73.5. The summed E-state index contributed by atoms with van der Waals surface area (Å²) in [5, 5.41) is 14.9. The second-order valence-electron chi connectivity index (χ2n) is 15.9. The molecule has 292 valence electrons. The van der Waals surface area contributed by atoms with E-state index in [4.69, 9.17) is 21.1 Å². The van der Waals surface area contributed by atoms with E-state index in [0.29, 0.717) is 34.3 Å². The molecule has 1 saturated carbocycles. The summed E-state index contributed by atoms with van der Waals surface area (Å²) in [5.74, 6) is -0.517. The molecule has 3 aromatic rings. The number of benzene rings is 2. The van der Waals surface area contributed by atoms with Crippen molar-refractivity contribution >= 4 is 47.0 Å². The minimum absolute atomic E-state index is 0.0651. The van der Waals surface area contributed by atoms with Crippen LogP contribution < -0.4 is 25.0 Å². The molecule has 0 bridgehead atoms. The molecule has 4 heterocycles. The number of fused-ring (bicyclic) bond motifs is 1. The van der Waals surface area contributed by atoms with E-state index in [1.807, 2.05) is 12.1 Å². The standard InChI is InChI=1S/C41H44ClN7O7/c1-40(2)38(41(3,4)39(40)56-27-8-6-24(22-43)30(42)21-27)46-34(51)25-7-12-32(44-23-25)48-17-15-47(16-18-48)14-5-19-55-26-9-10-28-29(20-26)37(54)49(36(28)53)31-11-13-33(50)45-35(31)52/h6-10,12,20-21,23,31,38-39H,5,11,13-19H2,1-4H3,(H,46,51)(H,45,50,52). The predicted octanol–water partition coefficient (Wildman–Crippen LogP) is 4.21. The molecule has 2 N–H and O–H groups in total. The summed E-state index contributed by atoms with van der Waals surface area (Å²) in [7, 11) is 0.